The van der Waals surface area contributed by atoms with Crippen molar-refractivity contribution in [1.29, 1.82) is 0 Å². The Morgan fingerprint density at radius 2 is 2.41 bits per heavy atom. The van der Waals surface area contributed by atoms with Crippen LogP contribution >= 0.6 is 11.8 Å². The number of hydrogen-bond donors (Lipinski definition) is 0. The highest BCUT2D eigenvalue weighted by Crippen LogP contribution is 2.34. The predicted octanol–water partition coefficient (Wildman–Crippen LogP) is 2.45. The van der Waals surface area contributed by atoms with Crippen LogP contribution in [0.2, 0.25) is 0 Å². The normalized spacial score (nSPS) is 20.0. The number of carbonyl (C=O) groups excluding carboxylic acids is 1. The molecule has 0 saturated heterocycles. The van der Waals surface area contributed by atoms with Gasteiger partial charge in [-0.15, -0.1) is 11.8 Å². The summed E-state index contributed by atoms with van der Waals surface area (Å²) < 4.78 is 5.06. The third-order valence-corrected chi connectivity index (χ3v) is 3.94. The van der Waals surface area contributed by atoms with Gasteiger partial charge in [-0.1, -0.05) is 13.0 Å². The van der Waals surface area contributed by atoms with Gasteiger partial charge < -0.3 is 9.64 Å². The molecule has 4 heteroatoms. The minimum Gasteiger partial charge on any atom is -0.461 e. The number of esters is 1. The van der Waals surface area contributed by atoms with Crippen LogP contribution in [-0.2, 0) is 9.53 Å². The maximum atomic E-state index is 11.4. The molecule has 1 heterocycles. The second-order valence-corrected chi connectivity index (χ2v) is 5.67. The highest BCUT2D eigenvalue weighted by Gasteiger charge is 2.13. The van der Waals surface area contributed by atoms with E-state index in [1.54, 1.807) is 0 Å². The molecule has 1 atom stereocenters. The zero-order valence-electron chi connectivity index (χ0n) is 10.8. The van der Waals surface area contributed by atoms with Crippen LogP contribution in [0.5, 0.6) is 0 Å². The molecule has 0 aromatic rings. The Balaban J connectivity index is 2.22. The van der Waals surface area contributed by atoms with Crippen molar-refractivity contribution in [3.05, 3.63) is 23.1 Å². The number of rotatable bonds is 6. The second-order valence-electron chi connectivity index (χ2n) is 4.29. The summed E-state index contributed by atoms with van der Waals surface area (Å²) in [4.78, 5) is 14.5. The van der Waals surface area contributed by atoms with Gasteiger partial charge in [-0.2, -0.15) is 0 Å². The number of allylic oxidation sites excluding steroid dienone is 2. The molecule has 96 valence electrons. The quantitative estimate of drug-likeness (QED) is 0.538. The van der Waals surface area contributed by atoms with E-state index in [1.165, 1.54) is 17.4 Å². The molecule has 1 aliphatic rings. The van der Waals surface area contributed by atoms with E-state index in [9.17, 15) is 4.79 Å². The zero-order chi connectivity index (χ0) is 12.7. The molecule has 0 amide bonds. The van der Waals surface area contributed by atoms with E-state index in [0.717, 1.165) is 13.0 Å². The fraction of sp³-hybridized carbons (Fsp3) is 0.615. The van der Waals surface area contributed by atoms with Crippen molar-refractivity contribution < 1.29 is 9.53 Å². The topological polar surface area (TPSA) is 29.5 Å². The summed E-state index contributed by atoms with van der Waals surface area (Å²) in [5.41, 5.74) is 0. The standard InChI is InChI=1S/C13H21NO2S/c1-4-11-5-6-12(17-11)7-8-13(15)16-10-9-14(2)3/h6-8,11H,4-5,9-10H2,1-3H3/b8-7+. The Hall–Kier alpha value is -0.740. The average Bonchev–Trinajstić information content (AvgIpc) is 2.73. The first-order valence-electron chi connectivity index (χ1n) is 5.98. The molecule has 1 rings (SSSR count). The van der Waals surface area contributed by atoms with E-state index in [4.69, 9.17) is 4.74 Å². The summed E-state index contributed by atoms with van der Waals surface area (Å²) >= 11 is 1.84. The highest BCUT2D eigenvalue weighted by atomic mass is 32.2. The molecule has 0 aliphatic carbocycles. The van der Waals surface area contributed by atoms with Gasteiger partial charge in [0.25, 0.3) is 0 Å². The number of ether oxygens (including phenoxy) is 1. The number of nitrogens with zero attached hydrogens (tertiary/aromatic N) is 1. The van der Waals surface area contributed by atoms with Crippen molar-refractivity contribution in [2.24, 2.45) is 0 Å². The van der Waals surface area contributed by atoms with Gasteiger partial charge >= 0.3 is 5.97 Å². The van der Waals surface area contributed by atoms with Crippen LogP contribution in [-0.4, -0.2) is 43.4 Å². The highest BCUT2D eigenvalue weighted by molar-refractivity contribution is 8.04. The predicted molar refractivity (Wildman–Crippen MR) is 73.0 cm³/mol. The number of carbonyl (C=O) groups is 1. The average molecular weight is 255 g/mol. The lowest BCUT2D eigenvalue weighted by Crippen LogP contribution is -2.19. The van der Waals surface area contributed by atoms with Crippen molar-refractivity contribution in [3.8, 4) is 0 Å². The van der Waals surface area contributed by atoms with Crippen LogP contribution in [0.15, 0.2) is 23.1 Å². The molecule has 17 heavy (non-hydrogen) atoms. The number of hydrogen-bond acceptors (Lipinski definition) is 4. The fourth-order valence-corrected chi connectivity index (χ4v) is 2.50. The van der Waals surface area contributed by atoms with Gasteiger partial charge in [-0.05, 0) is 33.0 Å². The minimum atomic E-state index is -0.256. The summed E-state index contributed by atoms with van der Waals surface area (Å²) in [6.45, 7) is 3.39. The molecule has 1 unspecified atom stereocenters. The van der Waals surface area contributed by atoms with Crippen LogP contribution in [0.3, 0.4) is 0 Å². The maximum absolute atomic E-state index is 11.4. The van der Waals surface area contributed by atoms with Gasteiger partial charge in [0.15, 0.2) is 0 Å². The minimum absolute atomic E-state index is 0.256. The largest absolute Gasteiger partial charge is 0.461 e. The smallest absolute Gasteiger partial charge is 0.330 e. The lowest BCUT2D eigenvalue weighted by Gasteiger charge is -2.08. The van der Waals surface area contributed by atoms with Crippen LogP contribution in [0, 0.1) is 0 Å². The molecule has 0 saturated carbocycles. The molecule has 0 N–H and O–H groups in total. The van der Waals surface area contributed by atoms with Crippen LogP contribution in [0.4, 0.5) is 0 Å². The Kier molecular flexibility index (Phi) is 6.37. The summed E-state index contributed by atoms with van der Waals surface area (Å²) in [6, 6.07) is 0. The summed E-state index contributed by atoms with van der Waals surface area (Å²) in [5.74, 6) is -0.256. The SMILES string of the molecule is CCC1CC=C(/C=C/C(=O)OCCN(C)C)S1. The van der Waals surface area contributed by atoms with E-state index in [2.05, 4.69) is 13.0 Å². The van der Waals surface area contributed by atoms with Crippen LogP contribution < -0.4 is 0 Å². The Morgan fingerprint density at radius 1 is 1.65 bits per heavy atom. The molecule has 0 spiro atoms. The van der Waals surface area contributed by atoms with Gasteiger partial charge in [-0.25, -0.2) is 4.79 Å². The van der Waals surface area contributed by atoms with Gasteiger partial charge in [0, 0.05) is 22.8 Å². The Morgan fingerprint density at radius 3 is 3.00 bits per heavy atom. The maximum Gasteiger partial charge on any atom is 0.330 e. The lowest BCUT2D eigenvalue weighted by molar-refractivity contribution is -0.138. The molecular weight excluding hydrogens is 234 g/mol. The van der Waals surface area contributed by atoms with Crippen molar-refractivity contribution in [3.63, 3.8) is 0 Å². The monoisotopic (exact) mass is 255 g/mol. The molecule has 0 aromatic carbocycles. The van der Waals surface area contributed by atoms with E-state index in [-0.39, 0.29) is 5.97 Å². The zero-order valence-corrected chi connectivity index (χ0v) is 11.6. The third-order valence-electron chi connectivity index (χ3n) is 2.51. The van der Waals surface area contributed by atoms with Gasteiger partial charge in [0.2, 0.25) is 0 Å². The summed E-state index contributed by atoms with van der Waals surface area (Å²) in [5, 5.41) is 0.680. The van der Waals surface area contributed by atoms with Crippen molar-refractivity contribution in [2.75, 3.05) is 27.2 Å². The van der Waals surface area contributed by atoms with Gasteiger partial charge in [0.1, 0.15) is 6.61 Å². The third kappa shape index (κ3) is 5.94. The summed E-state index contributed by atoms with van der Waals surface area (Å²) in [7, 11) is 3.91. The first-order chi connectivity index (χ1) is 8.11. The van der Waals surface area contributed by atoms with E-state index in [0.29, 0.717) is 11.9 Å². The Labute approximate surface area is 108 Å². The lowest BCUT2D eigenvalue weighted by atomic mass is 10.2. The van der Waals surface area contributed by atoms with Crippen molar-refractivity contribution in [2.45, 2.75) is 25.0 Å². The Bertz CT molecular complexity index is 311. The van der Waals surface area contributed by atoms with Crippen LogP contribution in [0.1, 0.15) is 19.8 Å². The molecule has 0 fully saturated rings. The van der Waals surface area contributed by atoms with E-state index in [1.807, 2.05) is 36.8 Å². The fourth-order valence-electron chi connectivity index (χ4n) is 1.42. The molecule has 0 bridgehead atoms. The van der Waals surface area contributed by atoms with Crippen LogP contribution in [0.25, 0.3) is 0 Å². The molecule has 0 radical (unpaired) electrons. The van der Waals surface area contributed by atoms with E-state index < -0.39 is 0 Å². The number of likely N-dealkylation sites (N-methyl/N-ethyl adjacent to an activating group) is 1. The second kappa shape index (κ2) is 7.56. The molecular formula is C13H21NO2S. The first kappa shape index (κ1) is 14.3. The number of thioether (sulfide) groups is 1. The van der Waals surface area contributed by atoms with Gasteiger partial charge in [0.05, 0.1) is 0 Å². The van der Waals surface area contributed by atoms with Crippen molar-refractivity contribution in [1.82, 2.24) is 4.90 Å². The van der Waals surface area contributed by atoms with E-state index >= 15 is 0 Å². The molecule has 1 aliphatic heterocycles. The molecule has 0 aromatic heterocycles. The molecule has 3 nitrogen and oxygen atoms in total. The van der Waals surface area contributed by atoms with Crippen molar-refractivity contribution >= 4 is 17.7 Å². The van der Waals surface area contributed by atoms with Gasteiger partial charge in [-0.3, -0.25) is 0 Å². The first-order valence-corrected chi connectivity index (χ1v) is 6.86. The summed E-state index contributed by atoms with van der Waals surface area (Å²) in [6.07, 6.45) is 7.84.